The zero-order chi connectivity index (χ0) is 9.80. The molecule has 0 spiro atoms. The largest absolute Gasteiger partial charge is 0.367 e. The van der Waals surface area contributed by atoms with Crippen LogP contribution in [0.4, 0.5) is 0 Å². The molecule has 0 aromatic carbocycles. The molecule has 1 saturated carbocycles. The molecule has 0 bridgehead atoms. The van der Waals surface area contributed by atoms with Crippen molar-refractivity contribution in [2.45, 2.75) is 44.0 Å². The summed E-state index contributed by atoms with van der Waals surface area (Å²) in [6, 6.07) is 0. The molecular weight excluding hydrogens is 196 g/mol. The van der Waals surface area contributed by atoms with Gasteiger partial charge in [0.15, 0.2) is 0 Å². The molecule has 1 aliphatic carbocycles. The first-order valence-corrected chi connectivity index (χ1v) is 6.67. The Hall–Kier alpha value is -0.0200. The number of hydrogen-bond acceptors (Lipinski definition) is 3. The van der Waals surface area contributed by atoms with Crippen molar-refractivity contribution in [2.75, 3.05) is 12.4 Å². The Morgan fingerprint density at radius 1 is 1.36 bits per heavy atom. The van der Waals surface area contributed by atoms with E-state index in [1.54, 1.807) is 0 Å². The molecule has 2 rings (SSSR count). The minimum atomic E-state index is 0.355. The van der Waals surface area contributed by atoms with E-state index in [1.807, 2.05) is 11.8 Å². The van der Waals surface area contributed by atoms with Crippen LogP contribution in [-0.4, -0.2) is 23.6 Å². The first kappa shape index (κ1) is 10.5. The van der Waals surface area contributed by atoms with E-state index in [1.165, 1.54) is 6.42 Å². The molecule has 0 aromatic heterocycles. The maximum absolute atomic E-state index is 11.6. The van der Waals surface area contributed by atoms with E-state index in [9.17, 15) is 4.79 Å². The van der Waals surface area contributed by atoms with Gasteiger partial charge in [-0.1, -0.05) is 6.42 Å². The van der Waals surface area contributed by atoms with Crippen LogP contribution in [0.3, 0.4) is 0 Å². The van der Waals surface area contributed by atoms with Crippen LogP contribution in [0.2, 0.25) is 0 Å². The summed E-state index contributed by atoms with van der Waals surface area (Å²) in [7, 11) is 0. The van der Waals surface area contributed by atoms with E-state index in [-0.39, 0.29) is 0 Å². The lowest BCUT2D eigenvalue weighted by atomic mass is 9.85. The van der Waals surface area contributed by atoms with Crippen molar-refractivity contribution < 1.29 is 9.53 Å². The van der Waals surface area contributed by atoms with Crippen LogP contribution in [0.25, 0.3) is 0 Å². The second kappa shape index (κ2) is 5.17. The molecule has 3 heteroatoms. The number of ether oxygens (including phenoxy) is 1. The molecule has 2 aliphatic rings. The van der Waals surface area contributed by atoms with E-state index >= 15 is 0 Å². The monoisotopic (exact) mass is 214 g/mol. The first-order valence-electron chi connectivity index (χ1n) is 5.62. The van der Waals surface area contributed by atoms with Crippen molar-refractivity contribution in [3.63, 3.8) is 0 Å². The summed E-state index contributed by atoms with van der Waals surface area (Å²) in [6.07, 6.45) is 6.43. The van der Waals surface area contributed by atoms with E-state index in [2.05, 4.69) is 0 Å². The lowest BCUT2D eigenvalue weighted by Crippen LogP contribution is -2.20. The van der Waals surface area contributed by atoms with Crippen molar-refractivity contribution in [2.24, 2.45) is 5.92 Å². The number of Topliss-reactive ketones (excluding diaryl/α,β-unsaturated/α-hetero) is 1. The minimum Gasteiger partial charge on any atom is -0.367 e. The molecule has 2 nitrogen and oxygen atoms in total. The molecule has 2 fully saturated rings. The SMILES string of the molecule is O=C1CCCCC1CCC1OCCS1. The van der Waals surface area contributed by atoms with Gasteiger partial charge in [-0.2, -0.15) is 0 Å². The summed E-state index contributed by atoms with van der Waals surface area (Å²) in [5, 5.41) is 0. The molecule has 0 radical (unpaired) electrons. The summed E-state index contributed by atoms with van der Waals surface area (Å²) in [6.45, 7) is 0.897. The van der Waals surface area contributed by atoms with E-state index in [0.717, 1.165) is 44.5 Å². The van der Waals surface area contributed by atoms with Crippen molar-refractivity contribution in [1.82, 2.24) is 0 Å². The zero-order valence-electron chi connectivity index (χ0n) is 8.54. The highest BCUT2D eigenvalue weighted by Crippen LogP contribution is 2.29. The van der Waals surface area contributed by atoms with Crippen molar-refractivity contribution in [3.05, 3.63) is 0 Å². The Morgan fingerprint density at radius 3 is 3.00 bits per heavy atom. The Labute approximate surface area is 89.8 Å². The summed E-state index contributed by atoms with van der Waals surface area (Å²) < 4.78 is 5.53. The third kappa shape index (κ3) is 2.74. The number of carbonyl (C=O) groups excluding carboxylic acids is 1. The normalized spacial score (nSPS) is 33.6. The van der Waals surface area contributed by atoms with E-state index in [4.69, 9.17) is 4.74 Å². The quantitative estimate of drug-likeness (QED) is 0.722. The highest BCUT2D eigenvalue weighted by Gasteiger charge is 2.24. The minimum absolute atomic E-state index is 0.355. The topological polar surface area (TPSA) is 26.3 Å². The number of rotatable bonds is 3. The fourth-order valence-corrected chi connectivity index (χ4v) is 3.22. The van der Waals surface area contributed by atoms with Gasteiger partial charge in [0.1, 0.15) is 11.2 Å². The third-order valence-electron chi connectivity index (χ3n) is 3.12. The molecule has 0 N–H and O–H groups in total. The van der Waals surface area contributed by atoms with Gasteiger partial charge in [-0.15, -0.1) is 11.8 Å². The Morgan fingerprint density at radius 2 is 2.29 bits per heavy atom. The highest BCUT2D eigenvalue weighted by molar-refractivity contribution is 7.99. The number of thioether (sulfide) groups is 1. The van der Waals surface area contributed by atoms with Crippen LogP contribution in [0.1, 0.15) is 38.5 Å². The number of carbonyl (C=O) groups is 1. The highest BCUT2D eigenvalue weighted by atomic mass is 32.2. The van der Waals surface area contributed by atoms with Gasteiger partial charge in [-0.05, 0) is 25.7 Å². The maximum Gasteiger partial charge on any atom is 0.135 e. The number of hydrogen-bond donors (Lipinski definition) is 0. The fraction of sp³-hybridized carbons (Fsp3) is 0.909. The van der Waals surface area contributed by atoms with Crippen LogP contribution in [0.15, 0.2) is 0 Å². The molecule has 0 aromatic rings. The molecule has 1 aliphatic heterocycles. The molecule has 1 heterocycles. The third-order valence-corrected chi connectivity index (χ3v) is 4.27. The smallest absolute Gasteiger partial charge is 0.135 e. The van der Waals surface area contributed by atoms with Crippen LogP contribution < -0.4 is 0 Å². The summed E-state index contributed by atoms with van der Waals surface area (Å²) in [5.41, 5.74) is 0.379. The van der Waals surface area contributed by atoms with Crippen LogP contribution in [0.5, 0.6) is 0 Å². The van der Waals surface area contributed by atoms with Gasteiger partial charge in [-0.25, -0.2) is 0 Å². The van der Waals surface area contributed by atoms with Gasteiger partial charge in [0.2, 0.25) is 0 Å². The van der Waals surface area contributed by atoms with Crippen molar-refractivity contribution in [3.8, 4) is 0 Å². The lowest BCUT2D eigenvalue weighted by molar-refractivity contribution is -0.124. The predicted molar refractivity (Wildman–Crippen MR) is 58.4 cm³/mol. The van der Waals surface area contributed by atoms with Gasteiger partial charge in [0, 0.05) is 18.1 Å². The van der Waals surface area contributed by atoms with Gasteiger partial charge in [0.05, 0.1) is 6.61 Å². The summed E-state index contributed by atoms with van der Waals surface area (Å²) in [4.78, 5) is 11.6. The van der Waals surface area contributed by atoms with Crippen molar-refractivity contribution in [1.29, 1.82) is 0 Å². The van der Waals surface area contributed by atoms with E-state index < -0.39 is 0 Å². The molecular formula is C11H18O2S. The van der Waals surface area contributed by atoms with Gasteiger partial charge < -0.3 is 4.74 Å². The standard InChI is InChI=1S/C11H18O2S/c12-10-4-2-1-3-9(10)5-6-11-13-7-8-14-11/h9,11H,1-8H2. The molecule has 2 unspecified atom stereocenters. The average molecular weight is 214 g/mol. The zero-order valence-corrected chi connectivity index (χ0v) is 9.35. The van der Waals surface area contributed by atoms with Gasteiger partial charge in [0.25, 0.3) is 0 Å². The van der Waals surface area contributed by atoms with Crippen molar-refractivity contribution >= 4 is 17.5 Å². The second-order valence-corrected chi connectivity index (χ2v) is 5.42. The molecule has 2 atom stereocenters. The van der Waals surface area contributed by atoms with Gasteiger partial charge in [-0.3, -0.25) is 4.79 Å². The Kier molecular flexibility index (Phi) is 3.88. The summed E-state index contributed by atoms with van der Waals surface area (Å²) in [5.74, 6) is 1.98. The van der Waals surface area contributed by atoms with Gasteiger partial charge >= 0.3 is 0 Å². The second-order valence-electron chi connectivity index (χ2n) is 4.16. The van der Waals surface area contributed by atoms with Crippen LogP contribution in [-0.2, 0) is 9.53 Å². The average Bonchev–Trinajstić information content (AvgIpc) is 2.69. The fourth-order valence-electron chi connectivity index (χ4n) is 2.27. The van der Waals surface area contributed by atoms with Crippen LogP contribution in [0, 0.1) is 5.92 Å². The van der Waals surface area contributed by atoms with Crippen LogP contribution >= 0.6 is 11.8 Å². The Balaban J connectivity index is 1.70. The first-order chi connectivity index (χ1) is 6.86. The maximum atomic E-state index is 11.6. The Bertz CT molecular complexity index is 199. The molecule has 80 valence electrons. The molecule has 0 amide bonds. The van der Waals surface area contributed by atoms with E-state index in [0.29, 0.717) is 17.1 Å². The summed E-state index contributed by atoms with van der Waals surface area (Å²) >= 11 is 1.90. The lowest BCUT2D eigenvalue weighted by Gasteiger charge is -2.21. The number of ketones is 1. The molecule has 1 saturated heterocycles. The predicted octanol–water partition coefficient (Wildman–Crippen LogP) is 2.62. The molecule has 14 heavy (non-hydrogen) atoms.